The van der Waals surface area contributed by atoms with Crippen LogP contribution in [0, 0.1) is 0 Å². The average Bonchev–Trinajstić information content (AvgIpc) is 2.29. The van der Waals surface area contributed by atoms with E-state index in [0.29, 0.717) is 19.1 Å². The highest BCUT2D eigenvalue weighted by molar-refractivity contribution is 7.88. The molecule has 0 atom stereocenters. The predicted molar refractivity (Wildman–Crippen MR) is 68.5 cm³/mol. The van der Waals surface area contributed by atoms with E-state index in [2.05, 4.69) is 16.8 Å². The second-order valence-electron chi connectivity index (χ2n) is 5.23. The van der Waals surface area contributed by atoms with Crippen molar-refractivity contribution in [3.63, 3.8) is 0 Å². The van der Waals surface area contributed by atoms with Gasteiger partial charge in [-0.05, 0) is 33.0 Å². The molecule has 0 aromatic carbocycles. The molecular formula is C11H23N3O2S. The molecule has 2 aliphatic heterocycles. The van der Waals surface area contributed by atoms with Crippen molar-refractivity contribution in [3.8, 4) is 0 Å². The Bertz CT molecular complexity index is 342. The Labute approximate surface area is 104 Å². The third-order valence-corrected chi connectivity index (χ3v) is 5.25. The van der Waals surface area contributed by atoms with Crippen LogP contribution in [0.5, 0.6) is 0 Å². The predicted octanol–water partition coefficient (Wildman–Crippen LogP) is -0.342. The number of hydrogen-bond acceptors (Lipinski definition) is 4. The molecule has 0 aromatic heterocycles. The second kappa shape index (κ2) is 5.22. The molecule has 2 fully saturated rings. The number of nitrogens with zero attached hydrogens (tertiary/aromatic N) is 3. The summed E-state index contributed by atoms with van der Waals surface area (Å²) in [6.45, 7) is 5.42. The van der Waals surface area contributed by atoms with Gasteiger partial charge in [-0.15, -0.1) is 0 Å². The quantitative estimate of drug-likeness (QED) is 0.682. The molecule has 5 nitrogen and oxygen atoms in total. The Hall–Kier alpha value is -0.170. The van der Waals surface area contributed by atoms with Crippen LogP contribution in [0.1, 0.15) is 12.8 Å². The standard InChI is InChI=1S/C11H23N3O2S/c1-12-5-3-11(4-6-12)13-7-9-14(10-8-13)17(2,15)16/h11H,3-10H2,1-2H3. The Morgan fingerprint density at radius 1 is 0.941 bits per heavy atom. The molecule has 6 heteroatoms. The summed E-state index contributed by atoms with van der Waals surface area (Å²) in [6, 6.07) is 0.660. The van der Waals surface area contributed by atoms with Crippen LogP contribution in [0.4, 0.5) is 0 Å². The topological polar surface area (TPSA) is 43.9 Å². The first kappa shape index (κ1) is 13.3. The molecule has 0 saturated carbocycles. The van der Waals surface area contributed by atoms with Gasteiger partial charge in [0.1, 0.15) is 0 Å². The van der Waals surface area contributed by atoms with Crippen molar-refractivity contribution in [1.29, 1.82) is 0 Å². The maximum Gasteiger partial charge on any atom is 0.211 e. The van der Waals surface area contributed by atoms with E-state index in [4.69, 9.17) is 0 Å². The Kier molecular flexibility index (Phi) is 4.07. The third-order valence-electron chi connectivity index (χ3n) is 3.95. The lowest BCUT2D eigenvalue weighted by molar-refractivity contribution is 0.0894. The minimum Gasteiger partial charge on any atom is -0.306 e. The fraction of sp³-hybridized carbons (Fsp3) is 1.00. The first-order valence-corrected chi connectivity index (χ1v) is 8.19. The van der Waals surface area contributed by atoms with E-state index in [1.165, 1.54) is 19.1 Å². The van der Waals surface area contributed by atoms with Crippen LogP contribution in [0.2, 0.25) is 0 Å². The lowest BCUT2D eigenvalue weighted by Gasteiger charge is -2.41. The molecule has 100 valence electrons. The normalized spacial score (nSPS) is 27.4. The first-order chi connectivity index (χ1) is 7.97. The Morgan fingerprint density at radius 2 is 1.47 bits per heavy atom. The van der Waals surface area contributed by atoms with Crippen molar-refractivity contribution >= 4 is 10.0 Å². The van der Waals surface area contributed by atoms with Gasteiger partial charge in [0.2, 0.25) is 10.0 Å². The van der Waals surface area contributed by atoms with Crippen molar-refractivity contribution in [2.24, 2.45) is 0 Å². The van der Waals surface area contributed by atoms with Gasteiger partial charge in [-0.2, -0.15) is 4.31 Å². The summed E-state index contributed by atoms with van der Waals surface area (Å²) < 4.78 is 24.4. The van der Waals surface area contributed by atoms with Crippen LogP contribution in [0.3, 0.4) is 0 Å². The minimum atomic E-state index is -2.99. The molecule has 2 heterocycles. The monoisotopic (exact) mass is 261 g/mol. The highest BCUT2D eigenvalue weighted by atomic mass is 32.2. The molecule has 0 bridgehead atoms. The van der Waals surface area contributed by atoms with Crippen LogP contribution < -0.4 is 0 Å². The van der Waals surface area contributed by atoms with Crippen molar-refractivity contribution < 1.29 is 8.42 Å². The van der Waals surface area contributed by atoms with Crippen molar-refractivity contribution in [1.82, 2.24) is 14.1 Å². The third kappa shape index (κ3) is 3.40. The summed E-state index contributed by atoms with van der Waals surface area (Å²) in [5.41, 5.74) is 0. The molecule has 0 unspecified atom stereocenters. The number of sulfonamides is 1. The first-order valence-electron chi connectivity index (χ1n) is 6.34. The summed E-state index contributed by atoms with van der Waals surface area (Å²) in [6.07, 6.45) is 3.74. The number of piperazine rings is 1. The van der Waals surface area contributed by atoms with E-state index >= 15 is 0 Å². The lowest BCUT2D eigenvalue weighted by atomic mass is 10.0. The van der Waals surface area contributed by atoms with E-state index in [1.54, 1.807) is 4.31 Å². The lowest BCUT2D eigenvalue weighted by Crippen LogP contribution is -2.53. The van der Waals surface area contributed by atoms with Gasteiger partial charge in [-0.1, -0.05) is 0 Å². The van der Waals surface area contributed by atoms with Gasteiger partial charge >= 0.3 is 0 Å². The van der Waals surface area contributed by atoms with Gasteiger partial charge in [-0.3, -0.25) is 4.90 Å². The van der Waals surface area contributed by atoms with E-state index in [-0.39, 0.29) is 0 Å². The SMILES string of the molecule is CN1CCC(N2CCN(S(C)(=O)=O)CC2)CC1. The molecular weight excluding hydrogens is 238 g/mol. The Morgan fingerprint density at radius 3 is 1.94 bits per heavy atom. The molecule has 17 heavy (non-hydrogen) atoms. The molecule has 2 aliphatic rings. The molecule has 0 amide bonds. The summed E-state index contributed by atoms with van der Waals surface area (Å²) in [5.74, 6) is 0. The number of rotatable bonds is 2. The van der Waals surface area contributed by atoms with Gasteiger partial charge in [0.15, 0.2) is 0 Å². The highest BCUT2D eigenvalue weighted by Crippen LogP contribution is 2.18. The zero-order valence-electron chi connectivity index (χ0n) is 10.8. The minimum absolute atomic E-state index is 0.658. The van der Waals surface area contributed by atoms with Gasteiger partial charge in [0.25, 0.3) is 0 Å². The van der Waals surface area contributed by atoms with Gasteiger partial charge in [0, 0.05) is 32.2 Å². The molecule has 0 aromatic rings. The molecule has 0 spiro atoms. The van der Waals surface area contributed by atoms with E-state index < -0.39 is 10.0 Å². The van der Waals surface area contributed by atoms with Gasteiger partial charge in [0.05, 0.1) is 6.26 Å². The maximum absolute atomic E-state index is 11.4. The number of piperidine rings is 1. The van der Waals surface area contributed by atoms with Crippen LogP contribution in [-0.4, -0.2) is 81.1 Å². The van der Waals surface area contributed by atoms with E-state index in [0.717, 1.165) is 26.2 Å². The molecule has 2 saturated heterocycles. The van der Waals surface area contributed by atoms with Crippen LogP contribution in [-0.2, 0) is 10.0 Å². The van der Waals surface area contributed by atoms with Crippen molar-refractivity contribution in [2.45, 2.75) is 18.9 Å². The fourth-order valence-corrected chi connectivity index (χ4v) is 3.59. The molecule has 0 aliphatic carbocycles. The Balaban J connectivity index is 1.83. The van der Waals surface area contributed by atoms with E-state index in [9.17, 15) is 8.42 Å². The average molecular weight is 261 g/mol. The fourth-order valence-electron chi connectivity index (χ4n) is 2.76. The molecule has 0 radical (unpaired) electrons. The maximum atomic E-state index is 11.4. The zero-order valence-corrected chi connectivity index (χ0v) is 11.6. The number of hydrogen-bond donors (Lipinski definition) is 0. The van der Waals surface area contributed by atoms with Crippen LogP contribution in [0.15, 0.2) is 0 Å². The summed E-state index contributed by atoms with van der Waals surface area (Å²) in [4.78, 5) is 4.83. The summed E-state index contributed by atoms with van der Waals surface area (Å²) in [5, 5.41) is 0. The summed E-state index contributed by atoms with van der Waals surface area (Å²) in [7, 11) is -0.826. The zero-order chi connectivity index (χ0) is 12.5. The smallest absolute Gasteiger partial charge is 0.211 e. The van der Waals surface area contributed by atoms with E-state index in [1.807, 2.05) is 0 Å². The highest BCUT2D eigenvalue weighted by Gasteiger charge is 2.29. The second-order valence-corrected chi connectivity index (χ2v) is 7.21. The van der Waals surface area contributed by atoms with Gasteiger partial charge < -0.3 is 4.90 Å². The van der Waals surface area contributed by atoms with Crippen molar-refractivity contribution in [2.75, 3.05) is 52.6 Å². The molecule has 0 N–H and O–H groups in total. The summed E-state index contributed by atoms with van der Waals surface area (Å²) >= 11 is 0. The van der Waals surface area contributed by atoms with Gasteiger partial charge in [-0.25, -0.2) is 8.42 Å². The van der Waals surface area contributed by atoms with Crippen LogP contribution in [0.25, 0.3) is 0 Å². The largest absolute Gasteiger partial charge is 0.306 e. The van der Waals surface area contributed by atoms with Crippen LogP contribution >= 0.6 is 0 Å². The number of likely N-dealkylation sites (tertiary alicyclic amines) is 1. The molecule has 2 rings (SSSR count). The van der Waals surface area contributed by atoms with Crippen molar-refractivity contribution in [3.05, 3.63) is 0 Å².